The van der Waals surface area contributed by atoms with E-state index in [1.54, 1.807) is 12.1 Å². The van der Waals surface area contributed by atoms with Gasteiger partial charge < -0.3 is 5.73 Å². The summed E-state index contributed by atoms with van der Waals surface area (Å²) >= 11 is 0. The fraction of sp³-hybridized carbons (Fsp3) is 0.647. The Balaban J connectivity index is 1.99. The zero-order valence-corrected chi connectivity index (χ0v) is 12.4. The molecule has 1 nitrogen and oxygen atoms in total. The van der Waals surface area contributed by atoms with E-state index >= 15 is 0 Å². The van der Waals surface area contributed by atoms with Crippen LogP contribution < -0.4 is 5.73 Å². The maximum Gasteiger partial charge on any atom is 0.123 e. The highest BCUT2D eigenvalue weighted by Crippen LogP contribution is 2.41. The van der Waals surface area contributed by atoms with Crippen molar-refractivity contribution in [2.24, 2.45) is 17.1 Å². The van der Waals surface area contributed by atoms with Crippen LogP contribution in [0.5, 0.6) is 0 Å². The Kier molecular flexibility index (Phi) is 4.00. The van der Waals surface area contributed by atoms with Gasteiger partial charge in [0.05, 0.1) is 0 Å². The molecular weight excluding hydrogens is 237 g/mol. The van der Waals surface area contributed by atoms with Gasteiger partial charge in [-0.3, -0.25) is 0 Å². The topological polar surface area (TPSA) is 26.0 Å². The van der Waals surface area contributed by atoms with Crippen molar-refractivity contribution in [2.75, 3.05) is 0 Å². The van der Waals surface area contributed by atoms with Gasteiger partial charge in [0.1, 0.15) is 5.82 Å². The van der Waals surface area contributed by atoms with Gasteiger partial charge in [0.15, 0.2) is 0 Å². The lowest BCUT2D eigenvalue weighted by molar-refractivity contribution is 0.134. The molecule has 0 aromatic heterocycles. The Morgan fingerprint density at radius 2 is 1.89 bits per heavy atom. The van der Waals surface area contributed by atoms with Crippen LogP contribution in [0.4, 0.5) is 4.39 Å². The molecule has 0 aliphatic heterocycles. The molecule has 1 aromatic carbocycles. The summed E-state index contributed by atoms with van der Waals surface area (Å²) < 4.78 is 13.2. The quantitative estimate of drug-likeness (QED) is 0.845. The Morgan fingerprint density at radius 1 is 1.26 bits per heavy atom. The largest absolute Gasteiger partial charge is 0.325 e. The van der Waals surface area contributed by atoms with Crippen molar-refractivity contribution in [1.29, 1.82) is 0 Å². The van der Waals surface area contributed by atoms with E-state index in [2.05, 4.69) is 20.8 Å². The first-order valence-corrected chi connectivity index (χ1v) is 7.32. The second-order valence-electron chi connectivity index (χ2n) is 7.31. The molecule has 1 fully saturated rings. The molecule has 2 rings (SSSR count). The molecule has 0 amide bonds. The first-order valence-electron chi connectivity index (χ1n) is 7.32. The summed E-state index contributed by atoms with van der Waals surface area (Å²) in [5.74, 6) is 0.598. The van der Waals surface area contributed by atoms with Gasteiger partial charge in [-0.05, 0) is 61.1 Å². The van der Waals surface area contributed by atoms with Crippen LogP contribution in [0.1, 0.15) is 52.0 Å². The Morgan fingerprint density at radius 3 is 2.42 bits per heavy atom. The average molecular weight is 263 g/mol. The summed E-state index contributed by atoms with van der Waals surface area (Å²) in [6, 6.07) is 6.86. The normalized spacial score (nSPS) is 28.4. The third-order valence-corrected chi connectivity index (χ3v) is 4.65. The lowest BCUT2D eigenvalue weighted by Crippen LogP contribution is -2.46. The van der Waals surface area contributed by atoms with Crippen LogP contribution in [0.2, 0.25) is 0 Å². The molecule has 0 spiro atoms. The molecule has 2 N–H and O–H groups in total. The maximum atomic E-state index is 13.2. The van der Waals surface area contributed by atoms with Gasteiger partial charge >= 0.3 is 0 Å². The third kappa shape index (κ3) is 3.79. The van der Waals surface area contributed by atoms with Gasteiger partial charge in [0.25, 0.3) is 0 Å². The smallest absolute Gasteiger partial charge is 0.123 e. The Hall–Kier alpha value is -0.890. The van der Waals surface area contributed by atoms with Crippen LogP contribution in [0.25, 0.3) is 0 Å². The number of nitrogens with two attached hydrogens (primary N) is 1. The van der Waals surface area contributed by atoms with E-state index in [0.717, 1.165) is 30.7 Å². The SMILES string of the molecule is CC(C)(C)C1CCC(N)(Cc2cccc(F)c2)CC1. The molecule has 0 saturated heterocycles. The minimum Gasteiger partial charge on any atom is -0.325 e. The van der Waals surface area contributed by atoms with E-state index in [-0.39, 0.29) is 11.4 Å². The van der Waals surface area contributed by atoms with Crippen molar-refractivity contribution in [3.63, 3.8) is 0 Å². The van der Waals surface area contributed by atoms with E-state index in [9.17, 15) is 4.39 Å². The number of rotatable bonds is 2. The van der Waals surface area contributed by atoms with Gasteiger partial charge in [0, 0.05) is 5.54 Å². The first-order chi connectivity index (χ1) is 8.78. The van der Waals surface area contributed by atoms with Crippen LogP contribution in [0, 0.1) is 17.2 Å². The predicted molar refractivity (Wildman–Crippen MR) is 78.4 cm³/mol. The predicted octanol–water partition coefficient (Wildman–Crippen LogP) is 4.30. The van der Waals surface area contributed by atoms with Crippen LogP contribution >= 0.6 is 0 Å². The molecule has 19 heavy (non-hydrogen) atoms. The summed E-state index contributed by atoms with van der Waals surface area (Å²) in [7, 11) is 0. The molecule has 1 saturated carbocycles. The zero-order valence-electron chi connectivity index (χ0n) is 12.4. The van der Waals surface area contributed by atoms with Crippen molar-refractivity contribution >= 4 is 0 Å². The number of hydrogen-bond acceptors (Lipinski definition) is 1. The molecule has 0 heterocycles. The van der Waals surface area contributed by atoms with E-state index in [0.29, 0.717) is 5.41 Å². The summed E-state index contributed by atoms with van der Waals surface area (Å²) in [6.45, 7) is 6.94. The molecule has 0 radical (unpaired) electrons. The van der Waals surface area contributed by atoms with Crippen molar-refractivity contribution in [1.82, 2.24) is 0 Å². The molecule has 0 bridgehead atoms. The molecule has 1 aliphatic carbocycles. The number of hydrogen-bond donors (Lipinski definition) is 1. The van der Waals surface area contributed by atoms with Crippen molar-refractivity contribution in [2.45, 2.75) is 58.4 Å². The molecule has 2 heteroatoms. The average Bonchev–Trinajstić information content (AvgIpc) is 2.27. The van der Waals surface area contributed by atoms with Crippen molar-refractivity contribution < 1.29 is 4.39 Å². The zero-order chi connectivity index (χ0) is 14.1. The van der Waals surface area contributed by atoms with Gasteiger partial charge in [-0.1, -0.05) is 32.9 Å². The summed E-state index contributed by atoms with van der Waals surface area (Å²) in [5, 5.41) is 0. The molecule has 0 unspecified atom stereocenters. The second kappa shape index (κ2) is 5.24. The molecule has 0 atom stereocenters. The maximum absolute atomic E-state index is 13.2. The van der Waals surface area contributed by atoms with Crippen molar-refractivity contribution in [3.05, 3.63) is 35.6 Å². The van der Waals surface area contributed by atoms with Crippen LogP contribution in [-0.2, 0) is 6.42 Å². The van der Waals surface area contributed by atoms with Gasteiger partial charge in [0.2, 0.25) is 0 Å². The fourth-order valence-electron chi connectivity index (χ4n) is 3.29. The lowest BCUT2D eigenvalue weighted by Gasteiger charge is -2.42. The van der Waals surface area contributed by atoms with E-state index in [1.165, 1.54) is 18.9 Å². The molecule has 106 valence electrons. The highest BCUT2D eigenvalue weighted by atomic mass is 19.1. The van der Waals surface area contributed by atoms with Crippen LogP contribution in [0.3, 0.4) is 0 Å². The Bertz CT molecular complexity index is 425. The summed E-state index contributed by atoms with van der Waals surface area (Å²) in [4.78, 5) is 0. The van der Waals surface area contributed by atoms with Gasteiger partial charge in [-0.15, -0.1) is 0 Å². The Labute approximate surface area is 116 Å². The van der Waals surface area contributed by atoms with Gasteiger partial charge in [-0.2, -0.15) is 0 Å². The summed E-state index contributed by atoms with van der Waals surface area (Å²) in [5.41, 5.74) is 7.78. The minimum absolute atomic E-state index is 0.143. The monoisotopic (exact) mass is 263 g/mol. The number of halogens is 1. The lowest BCUT2D eigenvalue weighted by atomic mass is 9.66. The van der Waals surface area contributed by atoms with Crippen molar-refractivity contribution in [3.8, 4) is 0 Å². The summed E-state index contributed by atoms with van der Waals surface area (Å²) in [6.07, 6.45) is 5.27. The van der Waals surface area contributed by atoms with E-state index in [4.69, 9.17) is 5.73 Å². The number of benzene rings is 1. The molecular formula is C17H26FN. The fourth-order valence-corrected chi connectivity index (χ4v) is 3.29. The molecule has 1 aliphatic rings. The second-order valence-corrected chi connectivity index (χ2v) is 7.31. The van der Waals surface area contributed by atoms with E-state index in [1.807, 2.05) is 6.07 Å². The first kappa shape index (κ1) is 14.5. The standard InChI is InChI=1S/C17H26FN/c1-16(2,3)14-7-9-17(19,10-8-14)12-13-5-4-6-15(18)11-13/h4-6,11,14H,7-10,12,19H2,1-3H3. The minimum atomic E-state index is -0.163. The third-order valence-electron chi connectivity index (χ3n) is 4.65. The molecule has 1 aromatic rings. The van der Waals surface area contributed by atoms with E-state index < -0.39 is 0 Å². The van der Waals surface area contributed by atoms with Crippen LogP contribution in [0.15, 0.2) is 24.3 Å². The van der Waals surface area contributed by atoms with Crippen LogP contribution in [-0.4, -0.2) is 5.54 Å². The highest BCUT2D eigenvalue weighted by molar-refractivity contribution is 5.19. The van der Waals surface area contributed by atoms with Gasteiger partial charge in [-0.25, -0.2) is 4.39 Å². The highest BCUT2D eigenvalue weighted by Gasteiger charge is 2.36.